The molecule has 180 valence electrons. The molecule has 0 bridgehead atoms. The van der Waals surface area contributed by atoms with E-state index in [1.165, 1.54) is 5.56 Å². The fourth-order valence-corrected chi connectivity index (χ4v) is 5.36. The van der Waals surface area contributed by atoms with Crippen molar-refractivity contribution in [1.29, 1.82) is 5.26 Å². The molecule has 6 nitrogen and oxygen atoms in total. The van der Waals surface area contributed by atoms with Gasteiger partial charge in [-0.05, 0) is 73.9 Å². The topological polar surface area (TPSA) is 79.6 Å². The normalized spacial score (nSPS) is 22.8. The van der Waals surface area contributed by atoms with Crippen LogP contribution in [0, 0.1) is 11.3 Å². The van der Waals surface area contributed by atoms with Crippen molar-refractivity contribution >= 4 is 34.9 Å². The number of likely N-dealkylation sites (tertiary alicyclic amines) is 1. The number of aliphatic hydroxyl groups is 1. The number of benzene rings is 2. The molecule has 1 heterocycles. The largest absolute Gasteiger partial charge is 0.392 e. The van der Waals surface area contributed by atoms with Crippen molar-refractivity contribution in [2.75, 3.05) is 31.5 Å². The van der Waals surface area contributed by atoms with Gasteiger partial charge in [0.1, 0.15) is 0 Å². The number of urea groups is 1. The number of hydrogen-bond donors (Lipinski definition) is 2. The third-order valence-electron chi connectivity index (χ3n) is 6.96. The molecule has 1 saturated carbocycles. The molecule has 0 unspecified atom stereocenters. The van der Waals surface area contributed by atoms with Gasteiger partial charge in [0.2, 0.25) is 0 Å². The van der Waals surface area contributed by atoms with Crippen LogP contribution in [-0.4, -0.2) is 59.3 Å². The number of nitrogens with one attached hydrogen (secondary N) is 1. The predicted molar refractivity (Wildman–Crippen MR) is 135 cm³/mol. The minimum absolute atomic E-state index is 0.130. The molecule has 0 spiro atoms. The number of rotatable bonds is 6. The summed E-state index contributed by atoms with van der Waals surface area (Å²) in [5.41, 5.74) is 2.51. The van der Waals surface area contributed by atoms with Crippen LogP contribution in [0.15, 0.2) is 42.5 Å². The zero-order chi connectivity index (χ0) is 24.1. The van der Waals surface area contributed by atoms with E-state index in [0.29, 0.717) is 40.3 Å². The molecule has 4 rings (SSSR count). The maximum absolute atomic E-state index is 13.3. The minimum Gasteiger partial charge on any atom is -0.392 e. The van der Waals surface area contributed by atoms with Crippen molar-refractivity contribution in [2.45, 2.75) is 50.2 Å². The highest BCUT2D eigenvalue weighted by Gasteiger charge is 2.31. The number of nitriles is 1. The highest BCUT2D eigenvalue weighted by Crippen LogP contribution is 2.35. The van der Waals surface area contributed by atoms with Crippen molar-refractivity contribution in [3.8, 4) is 6.07 Å². The standard InChI is InChI=1S/C26H30Cl2N4O2/c27-24-9-6-21(15-25(24)28)30-26(34)32(13-12-31-11-10-23(33)17-31)22-7-4-19(5-8-22)20-3-1-2-18(14-20)16-29/h1-3,6,9,14-15,19,22-23,33H,4-5,7-8,10-13,17H2,(H,30,34)/t19-,22-,23-/m0/s1. The summed E-state index contributed by atoms with van der Waals surface area (Å²) in [5.74, 6) is 0.401. The van der Waals surface area contributed by atoms with Crippen molar-refractivity contribution in [2.24, 2.45) is 0 Å². The third-order valence-corrected chi connectivity index (χ3v) is 7.70. The number of carbonyl (C=O) groups excluding carboxylic acids is 1. The molecular formula is C26H30Cl2N4O2. The zero-order valence-electron chi connectivity index (χ0n) is 19.1. The second-order valence-electron chi connectivity index (χ2n) is 9.24. The Hall–Kier alpha value is -2.30. The van der Waals surface area contributed by atoms with Gasteiger partial charge in [-0.3, -0.25) is 4.90 Å². The van der Waals surface area contributed by atoms with Gasteiger partial charge in [-0.25, -0.2) is 4.79 Å². The smallest absolute Gasteiger partial charge is 0.322 e. The number of carbonyl (C=O) groups is 1. The maximum atomic E-state index is 13.3. The van der Waals surface area contributed by atoms with Gasteiger partial charge in [-0.15, -0.1) is 0 Å². The van der Waals surface area contributed by atoms with E-state index in [-0.39, 0.29) is 18.2 Å². The summed E-state index contributed by atoms with van der Waals surface area (Å²) in [6.07, 6.45) is 4.25. The van der Waals surface area contributed by atoms with Gasteiger partial charge in [-0.2, -0.15) is 5.26 Å². The van der Waals surface area contributed by atoms with Gasteiger partial charge in [0.05, 0.1) is 27.8 Å². The van der Waals surface area contributed by atoms with E-state index in [4.69, 9.17) is 23.2 Å². The lowest BCUT2D eigenvalue weighted by molar-refractivity contribution is 0.143. The summed E-state index contributed by atoms with van der Waals surface area (Å²) < 4.78 is 0. The van der Waals surface area contributed by atoms with Crippen LogP contribution in [0.1, 0.15) is 49.1 Å². The summed E-state index contributed by atoms with van der Waals surface area (Å²) >= 11 is 12.2. The van der Waals surface area contributed by atoms with Gasteiger partial charge in [-0.1, -0.05) is 35.3 Å². The van der Waals surface area contributed by atoms with E-state index >= 15 is 0 Å². The molecule has 34 heavy (non-hydrogen) atoms. The number of hydrogen-bond acceptors (Lipinski definition) is 4. The van der Waals surface area contributed by atoms with Gasteiger partial charge < -0.3 is 15.3 Å². The van der Waals surface area contributed by atoms with Crippen molar-refractivity contribution in [1.82, 2.24) is 9.80 Å². The Morgan fingerprint density at radius 3 is 2.59 bits per heavy atom. The highest BCUT2D eigenvalue weighted by atomic mass is 35.5. The average molecular weight is 501 g/mol. The van der Waals surface area contributed by atoms with Gasteiger partial charge in [0, 0.05) is 37.9 Å². The lowest BCUT2D eigenvalue weighted by atomic mass is 9.81. The predicted octanol–water partition coefficient (Wildman–Crippen LogP) is 5.49. The monoisotopic (exact) mass is 500 g/mol. The molecule has 8 heteroatoms. The van der Waals surface area contributed by atoms with E-state index < -0.39 is 0 Å². The molecule has 2 N–H and O–H groups in total. The van der Waals surface area contributed by atoms with Crippen LogP contribution >= 0.6 is 23.2 Å². The molecule has 2 fully saturated rings. The van der Waals surface area contributed by atoms with E-state index in [1.807, 2.05) is 23.1 Å². The number of nitrogens with zero attached hydrogens (tertiary/aromatic N) is 3. The van der Waals surface area contributed by atoms with E-state index in [1.54, 1.807) is 18.2 Å². The van der Waals surface area contributed by atoms with Crippen LogP contribution in [0.4, 0.5) is 10.5 Å². The summed E-state index contributed by atoms with van der Waals surface area (Å²) in [4.78, 5) is 17.5. The Balaban J connectivity index is 1.43. The molecule has 2 amide bonds. The number of anilines is 1. The molecule has 0 aromatic heterocycles. The van der Waals surface area contributed by atoms with Crippen molar-refractivity contribution in [3.63, 3.8) is 0 Å². The summed E-state index contributed by atoms with van der Waals surface area (Å²) in [6, 6.07) is 15.2. The number of aliphatic hydroxyl groups excluding tert-OH is 1. The first-order chi connectivity index (χ1) is 16.4. The first kappa shape index (κ1) is 24.8. The van der Waals surface area contributed by atoms with Crippen molar-refractivity contribution in [3.05, 3.63) is 63.6 Å². The molecule has 1 aliphatic heterocycles. The Labute approximate surface area is 211 Å². The zero-order valence-corrected chi connectivity index (χ0v) is 20.6. The summed E-state index contributed by atoms with van der Waals surface area (Å²) in [6.45, 7) is 2.84. The van der Waals surface area contributed by atoms with Crippen LogP contribution in [0.2, 0.25) is 10.0 Å². The lowest BCUT2D eigenvalue weighted by Crippen LogP contribution is -2.47. The molecule has 1 saturated heterocycles. The lowest BCUT2D eigenvalue weighted by Gasteiger charge is -2.38. The molecule has 2 aromatic rings. The quantitative estimate of drug-likeness (QED) is 0.549. The molecule has 2 aliphatic rings. The van der Waals surface area contributed by atoms with Crippen LogP contribution in [0.25, 0.3) is 0 Å². The van der Waals surface area contributed by atoms with Gasteiger partial charge >= 0.3 is 6.03 Å². The highest BCUT2D eigenvalue weighted by molar-refractivity contribution is 6.42. The molecule has 2 aromatic carbocycles. The second kappa shape index (κ2) is 11.4. The SMILES string of the molecule is N#Cc1cccc([C@H]2CC[C@H](N(CCN3CC[C@H](O)C3)C(=O)Nc3ccc(Cl)c(Cl)c3)CC2)c1. The Bertz CT molecular complexity index is 1050. The van der Waals surface area contributed by atoms with Crippen LogP contribution in [0.3, 0.4) is 0 Å². The fraction of sp³-hybridized carbons (Fsp3) is 0.462. The van der Waals surface area contributed by atoms with Crippen molar-refractivity contribution < 1.29 is 9.90 Å². The Kier molecular flexibility index (Phi) is 8.33. The second-order valence-corrected chi connectivity index (χ2v) is 10.1. The van der Waals surface area contributed by atoms with E-state index in [2.05, 4.69) is 22.4 Å². The summed E-state index contributed by atoms with van der Waals surface area (Å²) in [5, 5.41) is 22.9. The molecule has 0 radical (unpaired) electrons. The van der Waals surface area contributed by atoms with Gasteiger partial charge in [0.25, 0.3) is 0 Å². The molecule has 1 atom stereocenters. The van der Waals surface area contributed by atoms with Crippen LogP contribution in [-0.2, 0) is 0 Å². The van der Waals surface area contributed by atoms with Gasteiger partial charge in [0.15, 0.2) is 0 Å². The first-order valence-electron chi connectivity index (χ1n) is 11.9. The minimum atomic E-state index is -0.280. The Morgan fingerprint density at radius 1 is 1.12 bits per heavy atom. The van der Waals surface area contributed by atoms with E-state index in [0.717, 1.165) is 45.2 Å². The van der Waals surface area contributed by atoms with Crippen LogP contribution in [0.5, 0.6) is 0 Å². The molecular weight excluding hydrogens is 471 g/mol. The number of β-amino-alcohol motifs (C(OH)–C–C–N with tert-alkyl or cyclic N) is 1. The van der Waals surface area contributed by atoms with E-state index in [9.17, 15) is 15.2 Å². The number of halogens is 2. The summed E-state index contributed by atoms with van der Waals surface area (Å²) in [7, 11) is 0. The average Bonchev–Trinajstić information content (AvgIpc) is 3.27. The van der Waals surface area contributed by atoms with Crippen LogP contribution < -0.4 is 5.32 Å². The Morgan fingerprint density at radius 2 is 1.91 bits per heavy atom. The third kappa shape index (κ3) is 6.22. The molecule has 1 aliphatic carbocycles. The first-order valence-corrected chi connectivity index (χ1v) is 12.6. The number of amides is 2. The fourth-order valence-electron chi connectivity index (χ4n) is 5.07. The maximum Gasteiger partial charge on any atom is 0.322 e.